The lowest BCUT2D eigenvalue weighted by atomic mass is 10.1. The minimum absolute atomic E-state index is 0.0619. The molecule has 0 spiro atoms. The van der Waals surface area contributed by atoms with Crippen LogP contribution in [-0.4, -0.2) is 58.4 Å². The minimum atomic E-state index is -1.69. The van der Waals surface area contributed by atoms with E-state index in [1.807, 2.05) is 0 Å². The number of rotatable bonds is 8. The van der Waals surface area contributed by atoms with Crippen molar-refractivity contribution in [2.75, 3.05) is 19.6 Å². The molecule has 0 aromatic heterocycles. The highest BCUT2D eigenvalue weighted by Crippen LogP contribution is 2.04. The highest BCUT2D eigenvalue weighted by atomic mass is 16.4. The van der Waals surface area contributed by atoms with Gasteiger partial charge < -0.3 is 15.5 Å². The van der Waals surface area contributed by atoms with Gasteiger partial charge in [-0.3, -0.25) is 4.90 Å². The Morgan fingerprint density at radius 3 is 2.12 bits per heavy atom. The molecule has 0 aliphatic heterocycles. The molecular formula is C12H26N2O3. The molecule has 0 radical (unpaired) electrons. The first kappa shape index (κ1) is 16.4. The summed E-state index contributed by atoms with van der Waals surface area (Å²) >= 11 is 0. The van der Waals surface area contributed by atoms with E-state index in [0.29, 0.717) is 18.6 Å². The molecule has 0 amide bonds. The summed E-state index contributed by atoms with van der Waals surface area (Å²) in [6.07, 6.45) is 0. The number of hydrogen-bond acceptors (Lipinski definition) is 4. The number of nitrogens with one attached hydrogen (secondary N) is 1. The first-order valence-corrected chi connectivity index (χ1v) is 6.10. The summed E-state index contributed by atoms with van der Waals surface area (Å²) < 4.78 is 0. The second kappa shape index (κ2) is 6.93. The monoisotopic (exact) mass is 246 g/mol. The first-order chi connectivity index (χ1) is 7.68. The van der Waals surface area contributed by atoms with E-state index in [-0.39, 0.29) is 6.54 Å². The van der Waals surface area contributed by atoms with Crippen molar-refractivity contribution in [3.63, 3.8) is 0 Å². The predicted octanol–water partition coefficient (Wildman–Crippen LogP) is 0.530. The van der Waals surface area contributed by atoms with Gasteiger partial charge in [0, 0.05) is 31.7 Å². The molecule has 5 heteroatoms. The van der Waals surface area contributed by atoms with Crippen molar-refractivity contribution in [2.24, 2.45) is 0 Å². The van der Waals surface area contributed by atoms with Crippen molar-refractivity contribution in [3.05, 3.63) is 0 Å². The molecule has 0 saturated carbocycles. The minimum Gasteiger partial charge on any atom is -0.479 e. The molecule has 1 unspecified atom stereocenters. The van der Waals surface area contributed by atoms with Crippen LogP contribution in [-0.2, 0) is 4.79 Å². The van der Waals surface area contributed by atoms with Gasteiger partial charge in [-0.05, 0) is 34.6 Å². The van der Waals surface area contributed by atoms with Gasteiger partial charge in [0.1, 0.15) is 0 Å². The van der Waals surface area contributed by atoms with Crippen LogP contribution in [0.5, 0.6) is 0 Å². The summed E-state index contributed by atoms with van der Waals surface area (Å²) in [6, 6.07) is 0.911. The quantitative estimate of drug-likeness (QED) is 0.545. The lowest BCUT2D eigenvalue weighted by Gasteiger charge is -2.31. The Balaban J connectivity index is 3.95. The Morgan fingerprint density at radius 2 is 1.76 bits per heavy atom. The number of nitrogens with zero attached hydrogens (tertiary/aromatic N) is 1. The Labute approximate surface area is 104 Å². The molecule has 0 aromatic carbocycles. The van der Waals surface area contributed by atoms with E-state index in [9.17, 15) is 9.90 Å². The van der Waals surface area contributed by atoms with Crippen molar-refractivity contribution in [2.45, 2.75) is 52.3 Å². The third-order valence-corrected chi connectivity index (χ3v) is 2.80. The zero-order valence-corrected chi connectivity index (χ0v) is 11.5. The van der Waals surface area contributed by atoms with E-state index in [1.165, 1.54) is 6.92 Å². The second-order valence-electron chi connectivity index (χ2n) is 5.18. The van der Waals surface area contributed by atoms with Crippen LogP contribution in [0.15, 0.2) is 0 Å². The molecule has 0 heterocycles. The Hall–Kier alpha value is -0.650. The molecule has 0 saturated heterocycles. The number of carboxylic acid groups (broad SMARTS) is 1. The van der Waals surface area contributed by atoms with E-state index in [0.717, 1.165) is 6.54 Å². The van der Waals surface area contributed by atoms with E-state index < -0.39 is 11.6 Å². The van der Waals surface area contributed by atoms with Gasteiger partial charge in [0.05, 0.1) is 0 Å². The summed E-state index contributed by atoms with van der Waals surface area (Å²) in [6.45, 7) is 11.4. The molecule has 17 heavy (non-hydrogen) atoms. The average Bonchev–Trinajstić information content (AvgIpc) is 2.15. The van der Waals surface area contributed by atoms with Gasteiger partial charge in [0.15, 0.2) is 5.60 Å². The number of carboxylic acids is 1. The fraction of sp³-hybridized carbons (Fsp3) is 0.917. The van der Waals surface area contributed by atoms with E-state index in [2.05, 4.69) is 37.9 Å². The van der Waals surface area contributed by atoms with Gasteiger partial charge in [-0.15, -0.1) is 0 Å². The first-order valence-electron chi connectivity index (χ1n) is 6.10. The summed E-state index contributed by atoms with van der Waals surface area (Å²) in [4.78, 5) is 13.0. The van der Waals surface area contributed by atoms with Crippen molar-refractivity contribution in [1.29, 1.82) is 0 Å². The maximum atomic E-state index is 10.7. The van der Waals surface area contributed by atoms with Crippen molar-refractivity contribution < 1.29 is 15.0 Å². The molecule has 0 aliphatic rings. The van der Waals surface area contributed by atoms with Gasteiger partial charge in [-0.2, -0.15) is 0 Å². The molecule has 5 nitrogen and oxygen atoms in total. The van der Waals surface area contributed by atoms with Crippen molar-refractivity contribution >= 4 is 5.97 Å². The lowest BCUT2D eigenvalue weighted by Crippen LogP contribution is -2.47. The van der Waals surface area contributed by atoms with E-state index in [4.69, 9.17) is 5.11 Å². The molecular weight excluding hydrogens is 220 g/mol. The Bertz CT molecular complexity index is 232. The molecule has 102 valence electrons. The largest absolute Gasteiger partial charge is 0.479 e. The van der Waals surface area contributed by atoms with Crippen LogP contribution in [0.3, 0.4) is 0 Å². The third kappa shape index (κ3) is 6.00. The summed E-state index contributed by atoms with van der Waals surface area (Å²) in [7, 11) is 0. The van der Waals surface area contributed by atoms with E-state index in [1.54, 1.807) is 0 Å². The maximum Gasteiger partial charge on any atom is 0.336 e. The molecule has 0 fully saturated rings. The average molecular weight is 246 g/mol. The SMILES string of the molecule is CC(C)N(CCNCC(C)(O)C(=O)O)C(C)C. The number of aliphatic carboxylic acids is 1. The van der Waals surface area contributed by atoms with Gasteiger partial charge in [0.25, 0.3) is 0 Å². The molecule has 3 N–H and O–H groups in total. The van der Waals surface area contributed by atoms with Crippen LogP contribution in [0, 0.1) is 0 Å². The highest BCUT2D eigenvalue weighted by Gasteiger charge is 2.29. The van der Waals surface area contributed by atoms with Gasteiger partial charge in [0.2, 0.25) is 0 Å². The summed E-state index contributed by atoms with van der Waals surface area (Å²) in [5.41, 5.74) is -1.69. The van der Waals surface area contributed by atoms with Crippen molar-refractivity contribution in [3.8, 4) is 0 Å². The fourth-order valence-electron chi connectivity index (χ4n) is 1.73. The Morgan fingerprint density at radius 1 is 1.29 bits per heavy atom. The number of carbonyl (C=O) groups is 1. The zero-order chi connectivity index (χ0) is 13.6. The van der Waals surface area contributed by atoms with Crippen molar-refractivity contribution in [1.82, 2.24) is 10.2 Å². The van der Waals surface area contributed by atoms with Crippen LogP contribution < -0.4 is 5.32 Å². The molecule has 1 atom stereocenters. The zero-order valence-electron chi connectivity index (χ0n) is 11.5. The number of hydrogen-bond donors (Lipinski definition) is 3. The normalized spacial score (nSPS) is 15.6. The maximum absolute atomic E-state index is 10.7. The summed E-state index contributed by atoms with van der Waals surface area (Å²) in [5.74, 6) is -1.20. The topological polar surface area (TPSA) is 72.8 Å². The standard InChI is InChI=1S/C12H26N2O3/c1-9(2)14(10(3)4)7-6-13-8-12(5,17)11(15)16/h9-10,13,17H,6-8H2,1-5H3,(H,15,16). The molecule has 0 rings (SSSR count). The van der Waals surface area contributed by atoms with Gasteiger partial charge in [-0.1, -0.05) is 0 Å². The third-order valence-electron chi connectivity index (χ3n) is 2.80. The van der Waals surface area contributed by atoms with Crippen LogP contribution in [0.2, 0.25) is 0 Å². The van der Waals surface area contributed by atoms with Crippen LogP contribution >= 0.6 is 0 Å². The van der Waals surface area contributed by atoms with Crippen LogP contribution in [0.25, 0.3) is 0 Å². The summed E-state index contributed by atoms with van der Waals surface area (Å²) in [5, 5.41) is 21.2. The van der Waals surface area contributed by atoms with E-state index >= 15 is 0 Å². The van der Waals surface area contributed by atoms with Crippen LogP contribution in [0.1, 0.15) is 34.6 Å². The number of aliphatic hydroxyl groups is 1. The smallest absolute Gasteiger partial charge is 0.336 e. The Kier molecular flexibility index (Phi) is 6.67. The predicted molar refractivity (Wildman–Crippen MR) is 68.1 cm³/mol. The van der Waals surface area contributed by atoms with Gasteiger partial charge >= 0.3 is 5.97 Å². The van der Waals surface area contributed by atoms with Crippen LogP contribution in [0.4, 0.5) is 0 Å². The van der Waals surface area contributed by atoms with Gasteiger partial charge in [-0.25, -0.2) is 4.79 Å². The lowest BCUT2D eigenvalue weighted by molar-refractivity contribution is -0.156. The highest BCUT2D eigenvalue weighted by molar-refractivity contribution is 5.76. The molecule has 0 aliphatic carbocycles. The molecule has 0 aromatic rings. The second-order valence-corrected chi connectivity index (χ2v) is 5.18. The fourth-order valence-corrected chi connectivity index (χ4v) is 1.73. The molecule has 0 bridgehead atoms.